The molecule has 2 N–H and O–H groups in total. The summed E-state index contributed by atoms with van der Waals surface area (Å²) >= 11 is 0. The maximum absolute atomic E-state index is 5.98. The summed E-state index contributed by atoms with van der Waals surface area (Å²) in [5.41, 5.74) is 8.27. The summed E-state index contributed by atoms with van der Waals surface area (Å²) in [6.07, 6.45) is 3.90. The van der Waals surface area contributed by atoms with E-state index >= 15 is 0 Å². The van der Waals surface area contributed by atoms with E-state index in [-0.39, 0.29) is 12.8 Å². The molecular formula is C15H20N4O2. The highest BCUT2D eigenvalue weighted by atomic mass is 16.7. The van der Waals surface area contributed by atoms with Crippen molar-refractivity contribution >= 4 is 0 Å². The molecular weight excluding hydrogens is 268 g/mol. The lowest BCUT2D eigenvalue weighted by atomic mass is 10.0. The number of benzene rings is 1. The zero-order valence-electron chi connectivity index (χ0n) is 12.3. The van der Waals surface area contributed by atoms with Gasteiger partial charge in [0.1, 0.15) is 0 Å². The van der Waals surface area contributed by atoms with E-state index in [4.69, 9.17) is 15.2 Å². The maximum atomic E-state index is 5.98. The quantitative estimate of drug-likeness (QED) is 0.898. The van der Waals surface area contributed by atoms with Crippen LogP contribution in [0.2, 0.25) is 0 Å². The lowest BCUT2D eigenvalue weighted by Gasteiger charge is -2.27. The van der Waals surface area contributed by atoms with Gasteiger partial charge in [-0.1, -0.05) is 6.07 Å². The number of rotatable bonds is 5. The average Bonchev–Trinajstić information content (AvgIpc) is 3.08. The molecule has 0 saturated heterocycles. The second-order valence-electron chi connectivity index (χ2n) is 5.30. The van der Waals surface area contributed by atoms with E-state index in [1.165, 1.54) is 5.56 Å². The summed E-state index contributed by atoms with van der Waals surface area (Å²) in [7, 11) is 3.98. The fourth-order valence-corrected chi connectivity index (χ4v) is 2.64. The first kappa shape index (κ1) is 13.9. The van der Waals surface area contributed by atoms with Gasteiger partial charge in [0.15, 0.2) is 11.5 Å². The summed E-state index contributed by atoms with van der Waals surface area (Å²) in [5, 5.41) is 4.20. The molecule has 1 aliphatic rings. The van der Waals surface area contributed by atoms with Gasteiger partial charge in [0, 0.05) is 37.9 Å². The summed E-state index contributed by atoms with van der Waals surface area (Å²) < 4.78 is 12.6. The van der Waals surface area contributed by atoms with Gasteiger partial charge in [0.05, 0.1) is 6.20 Å². The minimum atomic E-state index is 0.125. The van der Waals surface area contributed by atoms with Crippen LogP contribution >= 0.6 is 0 Å². The van der Waals surface area contributed by atoms with E-state index in [1.807, 2.05) is 37.6 Å². The largest absolute Gasteiger partial charge is 0.454 e. The van der Waals surface area contributed by atoms with Gasteiger partial charge in [0.25, 0.3) is 0 Å². The first-order valence-corrected chi connectivity index (χ1v) is 6.94. The third-order valence-corrected chi connectivity index (χ3v) is 3.73. The Labute approximate surface area is 124 Å². The van der Waals surface area contributed by atoms with Crippen molar-refractivity contribution in [2.75, 3.05) is 20.4 Å². The van der Waals surface area contributed by atoms with Gasteiger partial charge in [-0.15, -0.1) is 0 Å². The number of nitrogens with two attached hydrogens (primary N) is 1. The standard InChI is InChI=1S/C15H20N4O2/c1-18(8-11-7-17-19(2)9-11)13(6-16)12-3-4-14-15(5-12)21-10-20-14/h3-5,7,9,13H,6,8,10,16H2,1-2H3. The van der Waals surface area contributed by atoms with E-state index in [2.05, 4.69) is 17.0 Å². The minimum absolute atomic E-state index is 0.125. The van der Waals surface area contributed by atoms with E-state index in [9.17, 15) is 0 Å². The number of likely N-dealkylation sites (N-methyl/N-ethyl adjacent to an activating group) is 1. The number of aromatic nitrogens is 2. The number of ether oxygens (including phenoxy) is 2. The molecule has 2 aromatic rings. The third kappa shape index (κ3) is 2.86. The molecule has 112 valence electrons. The molecule has 0 spiro atoms. The number of hydrogen-bond acceptors (Lipinski definition) is 5. The number of fused-ring (bicyclic) bond motifs is 1. The molecule has 6 heteroatoms. The van der Waals surface area contributed by atoms with Crippen LogP contribution in [0, 0.1) is 0 Å². The fourth-order valence-electron chi connectivity index (χ4n) is 2.64. The summed E-state index contributed by atoms with van der Waals surface area (Å²) in [4.78, 5) is 2.22. The molecule has 0 fully saturated rings. The van der Waals surface area contributed by atoms with E-state index in [0.29, 0.717) is 6.54 Å². The molecule has 6 nitrogen and oxygen atoms in total. The number of nitrogens with zero attached hydrogens (tertiary/aromatic N) is 3. The lowest BCUT2D eigenvalue weighted by molar-refractivity contribution is 0.173. The molecule has 3 rings (SSSR count). The predicted octanol–water partition coefficient (Wildman–Crippen LogP) is 1.28. The molecule has 2 heterocycles. The maximum Gasteiger partial charge on any atom is 0.231 e. The van der Waals surface area contributed by atoms with Gasteiger partial charge >= 0.3 is 0 Å². The zero-order chi connectivity index (χ0) is 14.8. The highest BCUT2D eigenvalue weighted by Crippen LogP contribution is 2.35. The molecule has 0 amide bonds. The molecule has 0 saturated carbocycles. The van der Waals surface area contributed by atoms with Gasteiger partial charge in [-0.05, 0) is 24.7 Å². The predicted molar refractivity (Wildman–Crippen MR) is 79.0 cm³/mol. The molecule has 21 heavy (non-hydrogen) atoms. The van der Waals surface area contributed by atoms with Crippen LogP contribution in [0.1, 0.15) is 17.2 Å². The van der Waals surface area contributed by atoms with Gasteiger partial charge < -0.3 is 15.2 Å². The Bertz CT molecular complexity index is 626. The van der Waals surface area contributed by atoms with E-state index in [1.54, 1.807) is 4.68 Å². The monoisotopic (exact) mass is 288 g/mol. The van der Waals surface area contributed by atoms with Crippen molar-refractivity contribution in [3.8, 4) is 11.5 Å². The van der Waals surface area contributed by atoms with Crippen LogP contribution in [-0.4, -0.2) is 35.1 Å². The van der Waals surface area contributed by atoms with Gasteiger partial charge in [0.2, 0.25) is 6.79 Å². The second-order valence-corrected chi connectivity index (χ2v) is 5.30. The Morgan fingerprint density at radius 1 is 1.38 bits per heavy atom. The number of hydrogen-bond donors (Lipinski definition) is 1. The van der Waals surface area contributed by atoms with Crippen LogP contribution in [0.5, 0.6) is 11.5 Å². The Hall–Kier alpha value is -2.05. The highest BCUT2D eigenvalue weighted by Gasteiger charge is 2.20. The Morgan fingerprint density at radius 2 is 2.19 bits per heavy atom. The van der Waals surface area contributed by atoms with Crippen molar-refractivity contribution in [1.82, 2.24) is 14.7 Å². The van der Waals surface area contributed by atoms with E-state index < -0.39 is 0 Å². The van der Waals surface area contributed by atoms with Gasteiger partial charge in [-0.3, -0.25) is 9.58 Å². The van der Waals surface area contributed by atoms with Crippen molar-refractivity contribution in [3.63, 3.8) is 0 Å². The average molecular weight is 288 g/mol. The van der Waals surface area contributed by atoms with Crippen molar-refractivity contribution in [2.24, 2.45) is 12.8 Å². The first-order valence-electron chi connectivity index (χ1n) is 6.94. The van der Waals surface area contributed by atoms with Crippen molar-refractivity contribution < 1.29 is 9.47 Å². The summed E-state index contributed by atoms with van der Waals surface area (Å²) in [6, 6.07) is 6.13. The molecule has 0 aliphatic carbocycles. The highest BCUT2D eigenvalue weighted by molar-refractivity contribution is 5.45. The van der Waals surface area contributed by atoms with Crippen LogP contribution in [0.25, 0.3) is 0 Å². The van der Waals surface area contributed by atoms with Crippen LogP contribution in [0.3, 0.4) is 0 Å². The molecule has 1 aromatic carbocycles. The molecule has 1 atom stereocenters. The topological polar surface area (TPSA) is 65.5 Å². The lowest BCUT2D eigenvalue weighted by Crippen LogP contribution is -2.30. The molecule has 0 radical (unpaired) electrons. The third-order valence-electron chi connectivity index (χ3n) is 3.73. The van der Waals surface area contributed by atoms with Gasteiger partial charge in [-0.25, -0.2) is 0 Å². The van der Waals surface area contributed by atoms with Crippen LogP contribution in [-0.2, 0) is 13.6 Å². The number of aryl methyl sites for hydroxylation is 1. The zero-order valence-corrected chi connectivity index (χ0v) is 12.3. The van der Waals surface area contributed by atoms with Crippen LogP contribution < -0.4 is 15.2 Å². The van der Waals surface area contributed by atoms with E-state index in [0.717, 1.165) is 23.6 Å². The molecule has 1 unspecified atom stereocenters. The Balaban J connectivity index is 1.77. The Morgan fingerprint density at radius 3 is 2.90 bits per heavy atom. The molecule has 1 aromatic heterocycles. The normalized spacial score (nSPS) is 14.7. The van der Waals surface area contributed by atoms with Gasteiger partial charge in [-0.2, -0.15) is 5.10 Å². The molecule has 1 aliphatic heterocycles. The smallest absolute Gasteiger partial charge is 0.231 e. The molecule has 0 bridgehead atoms. The minimum Gasteiger partial charge on any atom is -0.454 e. The second kappa shape index (κ2) is 5.75. The Kier molecular flexibility index (Phi) is 3.81. The van der Waals surface area contributed by atoms with Crippen molar-refractivity contribution in [2.45, 2.75) is 12.6 Å². The summed E-state index contributed by atoms with van der Waals surface area (Å²) in [6.45, 7) is 1.62. The summed E-state index contributed by atoms with van der Waals surface area (Å²) in [5.74, 6) is 1.59. The van der Waals surface area contributed by atoms with Crippen LogP contribution in [0.15, 0.2) is 30.6 Å². The fraction of sp³-hybridized carbons (Fsp3) is 0.400. The van der Waals surface area contributed by atoms with Crippen LogP contribution in [0.4, 0.5) is 0 Å². The first-order chi connectivity index (χ1) is 10.2. The van der Waals surface area contributed by atoms with Crippen molar-refractivity contribution in [1.29, 1.82) is 0 Å². The van der Waals surface area contributed by atoms with Crippen molar-refractivity contribution in [3.05, 3.63) is 41.7 Å². The SMILES string of the molecule is CN(Cc1cnn(C)c1)C(CN)c1ccc2c(c1)OCO2.